The Bertz CT molecular complexity index is 992. The van der Waals surface area contributed by atoms with Gasteiger partial charge in [0, 0.05) is 36.9 Å². The van der Waals surface area contributed by atoms with Gasteiger partial charge in [-0.05, 0) is 41.8 Å². The number of hydrogen-bond acceptors (Lipinski definition) is 4. The summed E-state index contributed by atoms with van der Waals surface area (Å²) in [6.45, 7) is 1.16. The van der Waals surface area contributed by atoms with Crippen LogP contribution in [0.5, 0.6) is 0 Å². The van der Waals surface area contributed by atoms with Crippen LogP contribution < -0.4 is 15.5 Å². The van der Waals surface area contributed by atoms with Crippen LogP contribution in [0.15, 0.2) is 79.1 Å². The quantitative estimate of drug-likeness (QED) is 0.661. The molecular weight excluding hydrogens is 364 g/mol. The lowest BCUT2D eigenvalue weighted by atomic mass is 10.1. The van der Waals surface area contributed by atoms with Gasteiger partial charge in [-0.1, -0.05) is 42.5 Å². The smallest absolute Gasteiger partial charge is 0.313 e. The van der Waals surface area contributed by atoms with E-state index in [1.165, 1.54) is 5.56 Å². The molecule has 2 N–H and O–H groups in total. The second-order valence-corrected chi connectivity index (χ2v) is 6.90. The molecule has 29 heavy (non-hydrogen) atoms. The highest BCUT2D eigenvalue weighted by molar-refractivity contribution is 6.39. The van der Waals surface area contributed by atoms with E-state index in [1.807, 2.05) is 36.5 Å². The molecule has 0 saturated heterocycles. The van der Waals surface area contributed by atoms with Crippen LogP contribution in [-0.4, -0.2) is 29.9 Å². The van der Waals surface area contributed by atoms with Gasteiger partial charge in [0.2, 0.25) is 0 Å². The van der Waals surface area contributed by atoms with Crippen molar-refractivity contribution in [2.45, 2.75) is 12.5 Å². The number of carbonyl (C=O) groups excluding carboxylic acids is 2. The van der Waals surface area contributed by atoms with Crippen molar-refractivity contribution in [3.05, 3.63) is 90.3 Å². The van der Waals surface area contributed by atoms with Crippen LogP contribution in [0.3, 0.4) is 0 Å². The third-order valence-electron chi connectivity index (χ3n) is 5.06. The SMILES string of the molecule is O=C(NCC(c1cccnc1)N1CCc2ccccc21)C(=O)Nc1ccccc1. The van der Waals surface area contributed by atoms with Crippen molar-refractivity contribution in [1.82, 2.24) is 10.3 Å². The zero-order valence-electron chi connectivity index (χ0n) is 15.9. The Morgan fingerprint density at radius 1 is 0.966 bits per heavy atom. The maximum absolute atomic E-state index is 12.4. The highest BCUT2D eigenvalue weighted by Gasteiger charge is 2.28. The minimum atomic E-state index is -0.678. The first-order valence-electron chi connectivity index (χ1n) is 9.61. The van der Waals surface area contributed by atoms with Gasteiger partial charge >= 0.3 is 11.8 Å². The van der Waals surface area contributed by atoms with Crippen LogP contribution in [0, 0.1) is 0 Å². The second-order valence-electron chi connectivity index (χ2n) is 6.90. The molecule has 146 valence electrons. The van der Waals surface area contributed by atoms with Gasteiger partial charge < -0.3 is 15.5 Å². The van der Waals surface area contributed by atoms with Gasteiger partial charge in [-0.2, -0.15) is 0 Å². The van der Waals surface area contributed by atoms with Crippen LogP contribution in [0.2, 0.25) is 0 Å². The Hall–Kier alpha value is -3.67. The fraction of sp³-hybridized carbons (Fsp3) is 0.174. The molecule has 2 amide bonds. The van der Waals surface area contributed by atoms with Crippen molar-refractivity contribution in [3.8, 4) is 0 Å². The summed E-state index contributed by atoms with van der Waals surface area (Å²) in [5.74, 6) is -1.34. The monoisotopic (exact) mass is 386 g/mol. The molecule has 0 spiro atoms. The predicted octanol–water partition coefficient (Wildman–Crippen LogP) is 2.94. The summed E-state index contributed by atoms with van der Waals surface area (Å²) < 4.78 is 0. The molecule has 6 heteroatoms. The van der Waals surface area contributed by atoms with Crippen LogP contribution in [-0.2, 0) is 16.0 Å². The van der Waals surface area contributed by atoms with E-state index < -0.39 is 11.8 Å². The van der Waals surface area contributed by atoms with Gasteiger partial charge in [-0.25, -0.2) is 0 Å². The minimum Gasteiger partial charge on any atom is -0.362 e. The lowest BCUT2D eigenvalue weighted by Crippen LogP contribution is -2.41. The first-order valence-corrected chi connectivity index (χ1v) is 9.61. The largest absolute Gasteiger partial charge is 0.362 e. The van der Waals surface area contributed by atoms with E-state index in [1.54, 1.807) is 30.5 Å². The van der Waals surface area contributed by atoms with E-state index >= 15 is 0 Å². The van der Waals surface area contributed by atoms with E-state index in [0.29, 0.717) is 12.2 Å². The highest BCUT2D eigenvalue weighted by atomic mass is 16.2. The number of amides is 2. The van der Waals surface area contributed by atoms with Crippen molar-refractivity contribution >= 4 is 23.2 Å². The van der Waals surface area contributed by atoms with Crippen LogP contribution in [0.4, 0.5) is 11.4 Å². The lowest BCUT2D eigenvalue weighted by molar-refractivity contribution is -0.136. The maximum atomic E-state index is 12.4. The first kappa shape index (κ1) is 18.7. The third kappa shape index (κ3) is 4.27. The molecule has 0 fully saturated rings. The van der Waals surface area contributed by atoms with Gasteiger partial charge in [0.05, 0.1) is 6.04 Å². The fourth-order valence-electron chi connectivity index (χ4n) is 3.65. The van der Waals surface area contributed by atoms with E-state index in [0.717, 1.165) is 24.2 Å². The topological polar surface area (TPSA) is 74.3 Å². The first-order chi connectivity index (χ1) is 14.2. The molecule has 2 heterocycles. The van der Waals surface area contributed by atoms with Crippen molar-refractivity contribution in [1.29, 1.82) is 0 Å². The Morgan fingerprint density at radius 2 is 1.76 bits per heavy atom. The zero-order valence-corrected chi connectivity index (χ0v) is 15.9. The van der Waals surface area contributed by atoms with E-state index in [2.05, 4.69) is 32.7 Å². The molecule has 4 rings (SSSR count). The van der Waals surface area contributed by atoms with Crippen LogP contribution >= 0.6 is 0 Å². The van der Waals surface area contributed by atoms with Gasteiger partial charge in [0.1, 0.15) is 0 Å². The Balaban J connectivity index is 1.48. The second kappa shape index (κ2) is 8.56. The minimum absolute atomic E-state index is 0.110. The highest BCUT2D eigenvalue weighted by Crippen LogP contribution is 2.34. The molecule has 1 aliphatic heterocycles. The Labute approximate surface area is 169 Å². The van der Waals surface area contributed by atoms with Crippen molar-refractivity contribution in [2.75, 3.05) is 23.3 Å². The van der Waals surface area contributed by atoms with Gasteiger partial charge in [-0.15, -0.1) is 0 Å². The van der Waals surface area contributed by atoms with Crippen molar-refractivity contribution in [3.63, 3.8) is 0 Å². The molecule has 1 unspecified atom stereocenters. The molecule has 0 saturated carbocycles. The lowest BCUT2D eigenvalue weighted by Gasteiger charge is -2.30. The molecule has 6 nitrogen and oxygen atoms in total. The van der Waals surface area contributed by atoms with Gasteiger partial charge in [-0.3, -0.25) is 14.6 Å². The van der Waals surface area contributed by atoms with Gasteiger partial charge in [0.15, 0.2) is 0 Å². The van der Waals surface area contributed by atoms with E-state index in [4.69, 9.17) is 0 Å². The fourth-order valence-corrected chi connectivity index (χ4v) is 3.65. The standard InChI is InChI=1S/C23H22N4O2/c28-22(23(29)26-19-9-2-1-3-10-19)25-16-21(18-8-6-13-24-15-18)27-14-12-17-7-4-5-11-20(17)27/h1-11,13,15,21H,12,14,16H2,(H,25,28)(H,26,29). The molecule has 0 aliphatic carbocycles. The number of carbonyl (C=O) groups is 2. The van der Waals surface area contributed by atoms with E-state index in [-0.39, 0.29) is 6.04 Å². The molecule has 0 bridgehead atoms. The summed E-state index contributed by atoms with van der Waals surface area (Å²) in [4.78, 5) is 31.1. The third-order valence-corrected chi connectivity index (χ3v) is 5.06. The van der Waals surface area contributed by atoms with Gasteiger partial charge in [0.25, 0.3) is 0 Å². The normalized spacial score (nSPS) is 13.4. The molecule has 3 aromatic rings. The van der Waals surface area contributed by atoms with E-state index in [9.17, 15) is 9.59 Å². The average molecular weight is 386 g/mol. The summed E-state index contributed by atoms with van der Waals surface area (Å²) in [5.41, 5.74) is 4.02. The summed E-state index contributed by atoms with van der Waals surface area (Å²) in [6, 6.07) is 21.0. The van der Waals surface area contributed by atoms with Crippen molar-refractivity contribution < 1.29 is 9.59 Å². The number of aromatic nitrogens is 1. The summed E-state index contributed by atoms with van der Waals surface area (Å²) in [5, 5.41) is 5.40. The van der Waals surface area contributed by atoms with Crippen molar-refractivity contribution in [2.24, 2.45) is 0 Å². The van der Waals surface area contributed by atoms with Crippen LogP contribution in [0.1, 0.15) is 17.2 Å². The zero-order chi connectivity index (χ0) is 20.1. The number of pyridine rings is 1. The number of rotatable bonds is 5. The Kier molecular flexibility index (Phi) is 5.52. The number of benzene rings is 2. The number of para-hydroxylation sites is 2. The van der Waals surface area contributed by atoms with Crippen LogP contribution in [0.25, 0.3) is 0 Å². The Morgan fingerprint density at radius 3 is 2.55 bits per heavy atom. The molecule has 1 aliphatic rings. The molecular formula is C23H22N4O2. The number of nitrogens with zero attached hydrogens (tertiary/aromatic N) is 2. The summed E-state index contributed by atoms with van der Waals surface area (Å²) >= 11 is 0. The summed E-state index contributed by atoms with van der Waals surface area (Å²) in [6.07, 6.45) is 4.49. The maximum Gasteiger partial charge on any atom is 0.313 e. The number of anilines is 2. The number of fused-ring (bicyclic) bond motifs is 1. The number of hydrogen-bond donors (Lipinski definition) is 2. The number of nitrogens with one attached hydrogen (secondary N) is 2. The molecule has 2 aromatic carbocycles. The molecule has 1 aromatic heterocycles. The predicted molar refractivity (Wildman–Crippen MR) is 113 cm³/mol. The average Bonchev–Trinajstić information content (AvgIpc) is 3.19. The molecule has 0 radical (unpaired) electrons. The summed E-state index contributed by atoms with van der Waals surface area (Å²) in [7, 11) is 0. The molecule has 1 atom stereocenters.